The van der Waals surface area contributed by atoms with Crippen LogP contribution in [0, 0.1) is 0 Å². The largest absolute Gasteiger partial charge is 0.486 e. The maximum Gasteiger partial charge on any atom is 0.337 e. The van der Waals surface area contributed by atoms with Crippen LogP contribution >= 0.6 is 0 Å². The Hall–Kier alpha value is -2.56. The van der Waals surface area contributed by atoms with E-state index < -0.39 is 5.97 Å². The number of aromatic nitrogens is 1. The van der Waals surface area contributed by atoms with Crippen molar-refractivity contribution in [1.29, 1.82) is 0 Å². The molecule has 0 aliphatic heterocycles. The summed E-state index contributed by atoms with van der Waals surface area (Å²) in [5.74, 6) is -0.405. The molecular weight excluding hydrogens is 390 g/mol. The van der Waals surface area contributed by atoms with Crippen LogP contribution in [0.4, 0.5) is 0 Å². The van der Waals surface area contributed by atoms with Gasteiger partial charge in [-0.25, -0.2) is 4.79 Å². The number of ether oxygens (including phenoxy) is 1. The van der Waals surface area contributed by atoms with Crippen LogP contribution in [-0.2, 0) is 23.2 Å². The van der Waals surface area contributed by atoms with Crippen molar-refractivity contribution in [2.75, 3.05) is 6.61 Å². The van der Waals surface area contributed by atoms with E-state index >= 15 is 0 Å². The average Bonchev–Trinajstić information content (AvgIpc) is 3.14. The van der Waals surface area contributed by atoms with E-state index in [0.717, 1.165) is 6.42 Å². The van der Waals surface area contributed by atoms with E-state index in [-0.39, 0.29) is 29.9 Å². The van der Waals surface area contributed by atoms with E-state index in [1.165, 1.54) is 44.1 Å². The summed E-state index contributed by atoms with van der Waals surface area (Å²) in [7, 11) is 0. The molecule has 0 saturated heterocycles. The van der Waals surface area contributed by atoms with Gasteiger partial charge in [0.1, 0.15) is 12.4 Å². The van der Waals surface area contributed by atoms with Gasteiger partial charge in [-0.3, -0.25) is 4.79 Å². The maximum absolute atomic E-state index is 12.5. The van der Waals surface area contributed by atoms with E-state index in [1.54, 1.807) is 16.8 Å². The molecule has 5 heteroatoms. The minimum Gasteiger partial charge on any atom is -0.486 e. The molecule has 0 radical (unpaired) electrons. The summed E-state index contributed by atoms with van der Waals surface area (Å²) in [5.41, 5.74) is 1.79. The van der Waals surface area contributed by atoms with E-state index in [9.17, 15) is 14.7 Å². The number of aryl methyl sites for hydroxylation is 1. The molecule has 1 aromatic heterocycles. The second-order valence-electron chi connectivity index (χ2n) is 9.25. The summed E-state index contributed by atoms with van der Waals surface area (Å²) in [4.78, 5) is 24.0. The summed E-state index contributed by atoms with van der Waals surface area (Å²) in [5, 5.41) is 9.43. The molecule has 0 aliphatic carbocycles. The first-order valence-electron chi connectivity index (χ1n) is 11.4. The average molecular weight is 428 g/mol. The third-order valence-electron chi connectivity index (χ3n) is 5.39. The number of carboxylic acid groups (broad SMARTS) is 1. The van der Waals surface area contributed by atoms with Crippen LogP contribution in [0.2, 0.25) is 0 Å². The molecule has 2 rings (SSSR count). The number of aromatic carboxylic acids is 1. The molecule has 0 spiro atoms. The number of benzene rings is 1. The van der Waals surface area contributed by atoms with E-state index in [0.29, 0.717) is 11.4 Å². The number of carbonyl (C=O) groups is 2. The lowest BCUT2D eigenvalue weighted by Gasteiger charge is -2.22. The van der Waals surface area contributed by atoms with Crippen molar-refractivity contribution < 1.29 is 19.4 Å². The molecule has 2 aromatic rings. The zero-order valence-corrected chi connectivity index (χ0v) is 19.4. The van der Waals surface area contributed by atoms with E-state index in [4.69, 9.17) is 4.74 Å². The number of nitrogens with zero attached hydrogens (tertiary/aromatic N) is 1. The van der Waals surface area contributed by atoms with E-state index in [1.807, 2.05) is 32.9 Å². The molecule has 170 valence electrons. The summed E-state index contributed by atoms with van der Waals surface area (Å²) in [6, 6.07) is 9.51. The highest BCUT2D eigenvalue weighted by atomic mass is 16.5. The quantitative estimate of drug-likeness (QED) is 0.396. The molecule has 0 atom stereocenters. The Morgan fingerprint density at radius 1 is 0.968 bits per heavy atom. The van der Waals surface area contributed by atoms with E-state index in [2.05, 4.69) is 19.1 Å². The molecule has 1 aromatic carbocycles. The second kappa shape index (κ2) is 11.7. The lowest BCUT2D eigenvalue weighted by molar-refractivity contribution is -0.121. The molecule has 31 heavy (non-hydrogen) atoms. The van der Waals surface area contributed by atoms with Gasteiger partial charge in [0.25, 0.3) is 0 Å². The molecule has 0 bridgehead atoms. The van der Waals surface area contributed by atoms with Crippen LogP contribution in [-0.4, -0.2) is 28.0 Å². The summed E-state index contributed by atoms with van der Waals surface area (Å²) in [6.45, 7) is 8.12. The fourth-order valence-corrected chi connectivity index (χ4v) is 3.87. The monoisotopic (exact) mass is 427 g/mol. The SMILES string of the molecule is CCCCCCCCc1ccc(OCC(=O)Cn2ccc(C(=O)O)c2C(C)(C)C)cc1. The molecule has 1 N–H and O–H groups in total. The molecule has 0 amide bonds. The predicted molar refractivity (Wildman–Crippen MR) is 124 cm³/mol. The van der Waals surface area contributed by atoms with Crippen LogP contribution in [0.1, 0.15) is 87.8 Å². The van der Waals surface area contributed by atoms with Crippen molar-refractivity contribution in [2.45, 2.75) is 84.6 Å². The number of hydrogen-bond acceptors (Lipinski definition) is 3. The lowest BCUT2D eigenvalue weighted by Crippen LogP contribution is -2.25. The minimum atomic E-state index is -0.978. The predicted octanol–water partition coefficient (Wildman–Crippen LogP) is 6.03. The first-order valence-corrected chi connectivity index (χ1v) is 11.4. The van der Waals surface area contributed by atoms with Crippen LogP contribution in [0.15, 0.2) is 36.5 Å². The number of Topliss-reactive ketones (excluding diaryl/α,β-unsaturated/α-hetero) is 1. The van der Waals surface area contributed by atoms with Gasteiger partial charge in [-0.15, -0.1) is 0 Å². The number of unbranched alkanes of at least 4 members (excludes halogenated alkanes) is 5. The molecule has 0 aliphatic rings. The van der Waals surface area contributed by atoms with Gasteiger partial charge >= 0.3 is 5.97 Å². The molecule has 0 unspecified atom stereocenters. The number of carboxylic acids is 1. The first-order chi connectivity index (χ1) is 14.7. The Balaban J connectivity index is 1.83. The Labute approximate surface area is 186 Å². The number of ketones is 1. The molecule has 5 nitrogen and oxygen atoms in total. The van der Waals surface area contributed by atoms with Crippen LogP contribution in [0.3, 0.4) is 0 Å². The van der Waals surface area contributed by atoms with Gasteiger partial charge < -0.3 is 14.4 Å². The topological polar surface area (TPSA) is 68.5 Å². The van der Waals surface area contributed by atoms with Crippen molar-refractivity contribution in [1.82, 2.24) is 4.57 Å². The minimum absolute atomic E-state index is 0.0407. The third-order valence-corrected chi connectivity index (χ3v) is 5.39. The Bertz CT molecular complexity index is 843. The van der Waals surface area contributed by atoms with Crippen molar-refractivity contribution in [3.05, 3.63) is 53.3 Å². The highest BCUT2D eigenvalue weighted by molar-refractivity contribution is 5.90. The molecule has 0 saturated carbocycles. The standard InChI is InChI=1S/C26H37NO4/c1-5-6-7-8-9-10-11-20-12-14-22(15-13-20)31-19-21(28)18-27-17-16-23(25(29)30)24(27)26(2,3)4/h12-17H,5-11,18-19H2,1-4H3,(H,29,30). The van der Waals surface area contributed by atoms with Crippen molar-refractivity contribution in [2.24, 2.45) is 0 Å². The summed E-state index contributed by atoms with van der Waals surface area (Å²) >= 11 is 0. The lowest BCUT2D eigenvalue weighted by atomic mass is 9.89. The molecular formula is C26H37NO4. The Morgan fingerprint density at radius 2 is 1.61 bits per heavy atom. The fraction of sp³-hybridized carbons (Fsp3) is 0.538. The van der Waals surface area contributed by atoms with Gasteiger partial charge in [-0.2, -0.15) is 0 Å². The van der Waals surface area contributed by atoms with Gasteiger partial charge in [0, 0.05) is 17.3 Å². The van der Waals surface area contributed by atoms with Crippen LogP contribution in [0.5, 0.6) is 5.75 Å². The third kappa shape index (κ3) is 7.89. The zero-order valence-electron chi connectivity index (χ0n) is 19.4. The van der Waals surface area contributed by atoms with Crippen LogP contribution < -0.4 is 4.74 Å². The second-order valence-corrected chi connectivity index (χ2v) is 9.25. The zero-order chi connectivity index (χ0) is 22.9. The van der Waals surface area contributed by atoms with Gasteiger partial charge in [0.2, 0.25) is 0 Å². The molecule has 0 fully saturated rings. The summed E-state index contributed by atoms with van der Waals surface area (Å²) in [6.07, 6.45) is 10.4. The first kappa shape index (κ1) is 24.7. The number of carbonyl (C=O) groups excluding carboxylic acids is 1. The van der Waals surface area contributed by atoms with Gasteiger partial charge in [0.05, 0.1) is 12.1 Å². The van der Waals surface area contributed by atoms with Crippen molar-refractivity contribution in [3.8, 4) is 5.75 Å². The number of rotatable bonds is 13. The van der Waals surface area contributed by atoms with Crippen LogP contribution in [0.25, 0.3) is 0 Å². The maximum atomic E-state index is 12.5. The van der Waals surface area contributed by atoms with Gasteiger partial charge in [-0.1, -0.05) is 71.9 Å². The summed E-state index contributed by atoms with van der Waals surface area (Å²) < 4.78 is 7.39. The van der Waals surface area contributed by atoms with Crippen molar-refractivity contribution in [3.63, 3.8) is 0 Å². The van der Waals surface area contributed by atoms with Gasteiger partial charge in [-0.05, 0) is 36.6 Å². The molecule has 1 heterocycles. The highest BCUT2D eigenvalue weighted by Gasteiger charge is 2.26. The Morgan fingerprint density at radius 3 is 2.23 bits per heavy atom. The smallest absolute Gasteiger partial charge is 0.337 e. The van der Waals surface area contributed by atoms with Gasteiger partial charge in [0.15, 0.2) is 5.78 Å². The highest BCUT2D eigenvalue weighted by Crippen LogP contribution is 2.27. The fourth-order valence-electron chi connectivity index (χ4n) is 3.87. The normalized spacial score (nSPS) is 11.5. The van der Waals surface area contributed by atoms with Crippen molar-refractivity contribution >= 4 is 11.8 Å². The number of hydrogen-bond donors (Lipinski definition) is 1. The Kier molecular flexibility index (Phi) is 9.35.